The van der Waals surface area contributed by atoms with E-state index in [4.69, 9.17) is 15.7 Å². The standard InChI is InChI=1S/C18H17N3O3/c1-18(2,23)8-7-12-5-4-6-14(9-12)21-11-13(10-19)15(20)16(21)17(22)24-3/h4-6,9,11,23H,20H2,1-3H3. The Morgan fingerprint density at radius 2 is 2.12 bits per heavy atom. The highest BCUT2D eigenvalue weighted by atomic mass is 16.5. The number of rotatable bonds is 2. The van der Waals surface area contributed by atoms with Gasteiger partial charge in [-0.2, -0.15) is 5.26 Å². The number of anilines is 1. The first-order valence-electron chi connectivity index (χ1n) is 7.12. The largest absolute Gasteiger partial charge is 0.464 e. The first-order valence-corrected chi connectivity index (χ1v) is 7.12. The average molecular weight is 323 g/mol. The Hall–Kier alpha value is -3.22. The molecule has 2 aromatic rings. The van der Waals surface area contributed by atoms with Crippen molar-refractivity contribution in [1.29, 1.82) is 5.26 Å². The van der Waals surface area contributed by atoms with Gasteiger partial charge in [-0.1, -0.05) is 17.9 Å². The summed E-state index contributed by atoms with van der Waals surface area (Å²) >= 11 is 0. The summed E-state index contributed by atoms with van der Waals surface area (Å²) in [6.07, 6.45) is 1.48. The van der Waals surface area contributed by atoms with E-state index in [0.29, 0.717) is 11.3 Å². The Balaban J connectivity index is 2.59. The third kappa shape index (κ3) is 3.57. The molecule has 2 rings (SSSR count). The van der Waals surface area contributed by atoms with Gasteiger partial charge in [0.15, 0.2) is 5.69 Å². The zero-order valence-corrected chi connectivity index (χ0v) is 13.6. The van der Waals surface area contributed by atoms with Crippen molar-refractivity contribution >= 4 is 11.7 Å². The normalized spacial score (nSPS) is 10.5. The Kier molecular flexibility index (Phi) is 4.64. The van der Waals surface area contributed by atoms with Gasteiger partial charge in [-0.25, -0.2) is 4.79 Å². The molecule has 0 spiro atoms. The van der Waals surface area contributed by atoms with Gasteiger partial charge in [0.05, 0.1) is 18.4 Å². The van der Waals surface area contributed by atoms with Crippen molar-refractivity contribution < 1.29 is 14.6 Å². The number of nitriles is 1. The Morgan fingerprint density at radius 3 is 2.71 bits per heavy atom. The molecule has 6 heteroatoms. The quantitative estimate of drug-likeness (QED) is 0.648. The van der Waals surface area contributed by atoms with Crippen LogP contribution in [-0.2, 0) is 4.74 Å². The second-order valence-corrected chi connectivity index (χ2v) is 5.64. The fourth-order valence-corrected chi connectivity index (χ4v) is 2.08. The third-order valence-electron chi connectivity index (χ3n) is 3.18. The molecule has 3 N–H and O–H groups in total. The maximum absolute atomic E-state index is 12.0. The summed E-state index contributed by atoms with van der Waals surface area (Å²) in [7, 11) is 1.25. The van der Waals surface area contributed by atoms with Gasteiger partial charge in [0.2, 0.25) is 0 Å². The lowest BCUT2D eigenvalue weighted by Gasteiger charge is -2.09. The maximum Gasteiger partial charge on any atom is 0.357 e. The van der Waals surface area contributed by atoms with Crippen LogP contribution in [0.15, 0.2) is 30.5 Å². The molecule has 6 nitrogen and oxygen atoms in total. The molecule has 122 valence electrons. The smallest absolute Gasteiger partial charge is 0.357 e. The third-order valence-corrected chi connectivity index (χ3v) is 3.18. The van der Waals surface area contributed by atoms with Crippen molar-refractivity contribution in [2.24, 2.45) is 0 Å². The zero-order chi connectivity index (χ0) is 17.9. The molecule has 0 atom stereocenters. The summed E-state index contributed by atoms with van der Waals surface area (Å²) in [6, 6.07) is 8.96. The first-order chi connectivity index (χ1) is 11.3. The van der Waals surface area contributed by atoms with E-state index < -0.39 is 11.6 Å². The van der Waals surface area contributed by atoms with E-state index in [-0.39, 0.29) is 16.9 Å². The predicted octanol–water partition coefficient (Wildman–Crippen LogP) is 1.84. The lowest BCUT2D eigenvalue weighted by atomic mass is 10.1. The molecule has 0 bridgehead atoms. The van der Waals surface area contributed by atoms with Crippen molar-refractivity contribution in [3.8, 4) is 23.6 Å². The van der Waals surface area contributed by atoms with Crippen LogP contribution in [0.3, 0.4) is 0 Å². The molecule has 1 heterocycles. The highest BCUT2D eigenvalue weighted by Crippen LogP contribution is 2.25. The second-order valence-electron chi connectivity index (χ2n) is 5.64. The molecule has 1 aromatic carbocycles. The number of carbonyl (C=O) groups is 1. The minimum atomic E-state index is -1.11. The van der Waals surface area contributed by atoms with Gasteiger partial charge in [-0.3, -0.25) is 0 Å². The average Bonchev–Trinajstić information content (AvgIpc) is 2.88. The van der Waals surface area contributed by atoms with E-state index in [1.807, 2.05) is 6.07 Å². The van der Waals surface area contributed by atoms with Gasteiger partial charge in [-0.05, 0) is 32.0 Å². The van der Waals surface area contributed by atoms with E-state index >= 15 is 0 Å². The molecule has 0 unspecified atom stereocenters. The SMILES string of the molecule is COC(=O)c1c(N)c(C#N)cn1-c1cccc(C#CC(C)(C)O)c1. The molecule has 0 aliphatic heterocycles. The molecule has 0 saturated carbocycles. The Morgan fingerprint density at radius 1 is 1.42 bits per heavy atom. The highest BCUT2D eigenvalue weighted by molar-refractivity contribution is 5.95. The second kappa shape index (κ2) is 6.49. The van der Waals surface area contributed by atoms with Crippen molar-refractivity contribution in [3.05, 3.63) is 47.3 Å². The molecule has 0 amide bonds. The molecule has 0 fully saturated rings. The monoisotopic (exact) mass is 323 g/mol. The fraction of sp³-hybridized carbons (Fsp3) is 0.222. The van der Waals surface area contributed by atoms with E-state index in [9.17, 15) is 9.90 Å². The Labute approximate surface area is 140 Å². The Bertz CT molecular complexity index is 887. The van der Waals surface area contributed by atoms with Crippen LogP contribution in [0.2, 0.25) is 0 Å². The van der Waals surface area contributed by atoms with Crippen LogP contribution in [0, 0.1) is 23.2 Å². The van der Waals surface area contributed by atoms with Crippen LogP contribution in [0.1, 0.15) is 35.5 Å². The number of aliphatic hydroxyl groups is 1. The molecule has 1 aromatic heterocycles. The maximum atomic E-state index is 12.0. The number of esters is 1. The number of aromatic nitrogens is 1. The predicted molar refractivity (Wildman–Crippen MR) is 89.4 cm³/mol. The summed E-state index contributed by atoms with van der Waals surface area (Å²) in [4.78, 5) is 12.0. The first kappa shape index (κ1) is 17.1. The molecule has 0 saturated heterocycles. The number of benzene rings is 1. The molecule has 24 heavy (non-hydrogen) atoms. The van der Waals surface area contributed by atoms with Crippen molar-refractivity contribution in [2.75, 3.05) is 12.8 Å². The summed E-state index contributed by atoms with van der Waals surface area (Å²) in [5, 5.41) is 18.8. The summed E-state index contributed by atoms with van der Waals surface area (Å²) in [5.41, 5.74) is 6.35. The van der Waals surface area contributed by atoms with Gasteiger partial charge >= 0.3 is 5.97 Å². The highest BCUT2D eigenvalue weighted by Gasteiger charge is 2.21. The summed E-state index contributed by atoms with van der Waals surface area (Å²) < 4.78 is 6.24. The van der Waals surface area contributed by atoms with Crippen LogP contribution in [-0.4, -0.2) is 28.4 Å². The summed E-state index contributed by atoms with van der Waals surface area (Å²) in [6.45, 7) is 3.18. The zero-order valence-electron chi connectivity index (χ0n) is 13.6. The number of nitrogens with two attached hydrogens (primary N) is 1. The number of hydrogen-bond acceptors (Lipinski definition) is 5. The molecular weight excluding hydrogens is 306 g/mol. The van der Waals surface area contributed by atoms with Crippen LogP contribution in [0.4, 0.5) is 5.69 Å². The van der Waals surface area contributed by atoms with E-state index in [1.54, 1.807) is 38.1 Å². The van der Waals surface area contributed by atoms with Gasteiger partial charge in [0.1, 0.15) is 11.7 Å². The minimum absolute atomic E-state index is 0.0670. The molecule has 0 aliphatic rings. The number of carbonyl (C=O) groups excluding carboxylic acids is 1. The van der Waals surface area contributed by atoms with E-state index in [0.717, 1.165) is 0 Å². The van der Waals surface area contributed by atoms with E-state index in [1.165, 1.54) is 17.9 Å². The van der Waals surface area contributed by atoms with Gasteiger partial charge in [0.25, 0.3) is 0 Å². The van der Waals surface area contributed by atoms with Crippen LogP contribution < -0.4 is 5.73 Å². The fourth-order valence-electron chi connectivity index (χ4n) is 2.08. The lowest BCUT2D eigenvalue weighted by Crippen LogP contribution is -2.14. The van der Waals surface area contributed by atoms with Crippen molar-refractivity contribution in [1.82, 2.24) is 4.57 Å². The lowest BCUT2D eigenvalue weighted by molar-refractivity contribution is 0.0593. The number of nitrogen functional groups attached to an aromatic ring is 1. The van der Waals surface area contributed by atoms with Crippen LogP contribution >= 0.6 is 0 Å². The van der Waals surface area contributed by atoms with Crippen molar-refractivity contribution in [3.63, 3.8) is 0 Å². The topological polar surface area (TPSA) is 101 Å². The number of nitrogens with zero attached hydrogens (tertiary/aromatic N) is 2. The molecule has 0 aliphatic carbocycles. The van der Waals surface area contributed by atoms with Crippen LogP contribution in [0.25, 0.3) is 5.69 Å². The van der Waals surface area contributed by atoms with E-state index in [2.05, 4.69) is 11.8 Å². The summed E-state index contributed by atoms with van der Waals surface area (Å²) in [5.74, 6) is 4.95. The van der Waals surface area contributed by atoms with Crippen LogP contribution in [0.5, 0.6) is 0 Å². The molecule has 0 radical (unpaired) electrons. The number of hydrogen-bond donors (Lipinski definition) is 2. The number of ether oxygens (including phenoxy) is 1. The van der Waals surface area contributed by atoms with Gasteiger partial charge in [0, 0.05) is 17.4 Å². The number of methoxy groups -OCH3 is 1. The molecular formula is C18H17N3O3. The minimum Gasteiger partial charge on any atom is -0.464 e. The van der Waals surface area contributed by atoms with Crippen molar-refractivity contribution in [2.45, 2.75) is 19.4 Å². The van der Waals surface area contributed by atoms with Gasteiger partial charge < -0.3 is 20.1 Å². The van der Waals surface area contributed by atoms with Gasteiger partial charge in [-0.15, -0.1) is 0 Å².